The molecule has 9 heteroatoms. The summed E-state index contributed by atoms with van der Waals surface area (Å²) in [4.78, 5) is 35.2. The maximum absolute atomic E-state index is 12.1. The van der Waals surface area contributed by atoms with Crippen LogP contribution < -0.4 is 15.4 Å². The summed E-state index contributed by atoms with van der Waals surface area (Å²) < 4.78 is 10.1. The number of anilines is 2. The van der Waals surface area contributed by atoms with Crippen LogP contribution in [0.2, 0.25) is 10.0 Å². The molecule has 0 saturated heterocycles. The first kappa shape index (κ1) is 20.5. The Hall–Kier alpha value is -2.77. The summed E-state index contributed by atoms with van der Waals surface area (Å²) in [7, 11) is 1.44. The van der Waals surface area contributed by atoms with Crippen molar-refractivity contribution in [3.8, 4) is 5.75 Å². The molecule has 0 aromatic heterocycles. The van der Waals surface area contributed by atoms with E-state index in [0.29, 0.717) is 22.1 Å². The average Bonchev–Trinajstić information content (AvgIpc) is 2.61. The molecular weight excluding hydrogens is 395 g/mol. The first-order valence-corrected chi connectivity index (χ1v) is 8.43. The Labute approximate surface area is 165 Å². The average molecular weight is 411 g/mol. The van der Waals surface area contributed by atoms with E-state index in [1.807, 2.05) is 0 Å². The summed E-state index contributed by atoms with van der Waals surface area (Å²) in [6.07, 6.45) is 0. The zero-order valence-electron chi connectivity index (χ0n) is 14.5. The first-order valence-electron chi connectivity index (χ1n) is 7.68. The summed E-state index contributed by atoms with van der Waals surface area (Å²) in [6.45, 7) is 0.845. The molecule has 2 N–H and O–H groups in total. The third-order valence-electron chi connectivity index (χ3n) is 3.28. The molecular formula is C18H16Cl2N2O5. The molecule has 142 valence electrons. The van der Waals surface area contributed by atoms with Gasteiger partial charge in [0, 0.05) is 12.6 Å². The molecule has 0 saturated carbocycles. The lowest BCUT2D eigenvalue weighted by Gasteiger charge is -2.12. The summed E-state index contributed by atoms with van der Waals surface area (Å²) >= 11 is 11.6. The molecule has 0 aliphatic heterocycles. The molecule has 0 aliphatic carbocycles. The van der Waals surface area contributed by atoms with Gasteiger partial charge in [0.2, 0.25) is 5.91 Å². The molecule has 7 nitrogen and oxygen atoms in total. The van der Waals surface area contributed by atoms with Gasteiger partial charge in [-0.3, -0.25) is 9.59 Å². The van der Waals surface area contributed by atoms with Crippen molar-refractivity contribution in [3.05, 3.63) is 52.0 Å². The van der Waals surface area contributed by atoms with Crippen molar-refractivity contribution < 1.29 is 23.9 Å². The van der Waals surface area contributed by atoms with Crippen molar-refractivity contribution in [1.29, 1.82) is 0 Å². The number of nitrogens with one attached hydrogen (secondary N) is 2. The highest BCUT2D eigenvalue weighted by Crippen LogP contribution is 2.28. The molecule has 2 amide bonds. The fourth-order valence-electron chi connectivity index (χ4n) is 2.11. The number of amides is 2. The normalized spacial score (nSPS) is 10.1. The molecule has 0 radical (unpaired) electrons. The molecule has 0 bridgehead atoms. The molecule has 0 fully saturated rings. The van der Waals surface area contributed by atoms with E-state index in [1.165, 1.54) is 38.3 Å². The van der Waals surface area contributed by atoms with Crippen LogP contribution in [0.25, 0.3) is 0 Å². The molecule has 0 unspecified atom stereocenters. The number of esters is 1. The van der Waals surface area contributed by atoms with Gasteiger partial charge in [-0.25, -0.2) is 4.79 Å². The summed E-state index contributed by atoms with van der Waals surface area (Å²) in [5, 5.41) is 5.67. The van der Waals surface area contributed by atoms with E-state index in [-0.39, 0.29) is 16.5 Å². The van der Waals surface area contributed by atoms with Gasteiger partial charge in [-0.05, 0) is 36.4 Å². The summed E-state index contributed by atoms with van der Waals surface area (Å²) in [5.41, 5.74) is 0.966. The van der Waals surface area contributed by atoms with Crippen molar-refractivity contribution in [2.75, 3.05) is 24.4 Å². The highest BCUT2D eigenvalue weighted by molar-refractivity contribution is 6.42. The van der Waals surface area contributed by atoms with E-state index in [4.69, 9.17) is 32.7 Å². The number of carbonyl (C=O) groups excluding carboxylic acids is 3. The largest absolute Gasteiger partial charge is 0.495 e. The van der Waals surface area contributed by atoms with Gasteiger partial charge < -0.3 is 20.1 Å². The standard InChI is InChI=1S/C18H16Cl2N2O5/c1-10(23)21-12-4-6-16(26-2)15(8-12)22-17(24)9-27-18(25)11-3-5-13(19)14(20)7-11/h3-8H,9H2,1-2H3,(H,21,23)(H,22,24). The Morgan fingerprint density at radius 1 is 1.00 bits per heavy atom. The maximum atomic E-state index is 12.1. The van der Waals surface area contributed by atoms with E-state index < -0.39 is 18.5 Å². The van der Waals surface area contributed by atoms with E-state index in [9.17, 15) is 14.4 Å². The second-order valence-electron chi connectivity index (χ2n) is 5.35. The number of ether oxygens (including phenoxy) is 2. The van der Waals surface area contributed by atoms with Gasteiger partial charge >= 0.3 is 5.97 Å². The van der Waals surface area contributed by atoms with E-state index in [1.54, 1.807) is 12.1 Å². The Bertz CT molecular complexity index is 886. The number of methoxy groups -OCH3 is 1. The minimum atomic E-state index is -0.720. The van der Waals surface area contributed by atoms with Crippen LogP contribution >= 0.6 is 23.2 Å². The lowest BCUT2D eigenvalue weighted by Crippen LogP contribution is -2.21. The van der Waals surface area contributed by atoms with Gasteiger partial charge in [-0.1, -0.05) is 23.2 Å². The van der Waals surface area contributed by atoms with Crippen LogP contribution in [-0.4, -0.2) is 31.5 Å². The quantitative estimate of drug-likeness (QED) is 0.707. The van der Waals surface area contributed by atoms with Crippen LogP contribution in [0.1, 0.15) is 17.3 Å². The maximum Gasteiger partial charge on any atom is 0.338 e. The SMILES string of the molecule is COc1ccc(NC(C)=O)cc1NC(=O)COC(=O)c1ccc(Cl)c(Cl)c1. The summed E-state index contributed by atoms with van der Waals surface area (Å²) in [6, 6.07) is 8.99. The third-order valence-corrected chi connectivity index (χ3v) is 4.02. The number of carbonyl (C=O) groups is 3. The zero-order chi connectivity index (χ0) is 20.0. The number of halogens is 2. The predicted molar refractivity (Wildman–Crippen MR) is 103 cm³/mol. The van der Waals surface area contributed by atoms with Crippen molar-refractivity contribution in [2.24, 2.45) is 0 Å². The Morgan fingerprint density at radius 3 is 2.37 bits per heavy atom. The predicted octanol–water partition coefficient (Wildman–Crippen LogP) is 3.76. The van der Waals surface area contributed by atoms with Gasteiger partial charge in [0.15, 0.2) is 6.61 Å². The highest BCUT2D eigenvalue weighted by Gasteiger charge is 2.14. The van der Waals surface area contributed by atoms with Crippen LogP contribution in [0.15, 0.2) is 36.4 Å². The second-order valence-corrected chi connectivity index (χ2v) is 6.16. The Morgan fingerprint density at radius 2 is 1.74 bits per heavy atom. The lowest BCUT2D eigenvalue weighted by atomic mass is 10.2. The van der Waals surface area contributed by atoms with Gasteiger partial charge in [0.25, 0.3) is 5.91 Å². The number of rotatable bonds is 6. The van der Waals surface area contributed by atoms with Crippen molar-refractivity contribution in [3.63, 3.8) is 0 Å². The minimum absolute atomic E-state index is 0.169. The molecule has 2 rings (SSSR count). The summed E-state index contributed by atoms with van der Waals surface area (Å²) in [5.74, 6) is -1.18. The van der Waals surface area contributed by atoms with Crippen LogP contribution in [0, 0.1) is 0 Å². The Kier molecular flexibility index (Phi) is 7.04. The number of benzene rings is 2. The van der Waals surface area contributed by atoms with Gasteiger partial charge in [0.1, 0.15) is 5.75 Å². The van der Waals surface area contributed by atoms with E-state index >= 15 is 0 Å². The van der Waals surface area contributed by atoms with Crippen LogP contribution in [0.3, 0.4) is 0 Å². The lowest BCUT2D eigenvalue weighted by molar-refractivity contribution is -0.119. The molecule has 0 atom stereocenters. The monoisotopic (exact) mass is 410 g/mol. The van der Waals surface area contributed by atoms with Crippen molar-refractivity contribution in [2.45, 2.75) is 6.92 Å². The molecule has 0 heterocycles. The molecule has 0 spiro atoms. The molecule has 2 aromatic rings. The topological polar surface area (TPSA) is 93.7 Å². The van der Waals surface area contributed by atoms with Crippen LogP contribution in [-0.2, 0) is 14.3 Å². The van der Waals surface area contributed by atoms with Crippen LogP contribution in [0.5, 0.6) is 5.75 Å². The first-order chi connectivity index (χ1) is 12.8. The minimum Gasteiger partial charge on any atom is -0.495 e. The molecule has 27 heavy (non-hydrogen) atoms. The van der Waals surface area contributed by atoms with Crippen molar-refractivity contribution >= 4 is 52.4 Å². The molecule has 0 aliphatic rings. The van der Waals surface area contributed by atoms with Gasteiger partial charge in [-0.15, -0.1) is 0 Å². The second kappa shape index (κ2) is 9.25. The van der Waals surface area contributed by atoms with Gasteiger partial charge in [-0.2, -0.15) is 0 Å². The smallest absolute Gasteiger partial charge is 0.338 e. The highest BCUT2D eigenvalue weighted by atomic mass is 35.5. The molecule has 2 aromatic carbocycles. The Balaban J connectivity index is 2.01. The fourth-order valence-corrected chi connectivity index (χ4v) is 2.41. The van der Waals surface area contributed by atoms with E-state index in [2.05, 4.69) is 10.6 Å². The van der Waals surface area contributed by atoms with Crippen LogP contribution in [0.4, 0.5) is 11.4 Å². The van der Waals surface area contributed by atoms with E-state index in [0.717, 1.165) is 0 Å². The number of hydrogen-bond acceptors (Lipinski definition) is 5. The number of hydrogen-bond donors (Lipinski definition) is 2. The van der Waals surface area contributed by atoms with Crippen molar-refractivity contribution in [1.82, 2.24) is 0 Å². The zero-order valence-corrected chi connectivity index (χ0v) is 16.0. The fraction of sp³-hybridized carbons (Fsp3) is 0.167. The third kappa shape index (κ3) is 5.87. The van der Waals surface area contributed by atoms with Gasteiger partial charge in [0.05, 0.1) is 28.4 Å².